The lowest BCUT2D eigenvalue weighted by molar-refractivity contribution is 0.0975. The van der Waals surface area contributed by atoms with Gasteiger partial charge in [-0.25, -0.2) is 4.57 Å². The van der Waals surface area contributed by atoms with E-state index in [-0.39, 0.29) is 23.1 Å². The first-order valence-corrected chi connectivity index (χ1v) is 17.8. The van der Waals surface area contributed by atoms with Gasteiger partial charge in [-0.05, 0) is 124 Å². The molecule has 248 valence electrons. The van der Waals surface area contributed by atoms with E-state index in [4.69, 9.17) is 9.05 Å². The highest BCUT2D eigenvalue weighted by molar-refractivity contribution is 7.48. The predicted octanol–water partition coefficient (Wildman–Crippen LogP) is 8.57. The molecule has 0 aliphatic rings. The Morgan fingerprint density at radius 1 is 0.553 bits per heavy atom. The molecule has 47 heavy (non-hydrogen) atoms. The highest BCUT2D eigenvalue weighted by Crippen LogP contribution is 2.44. The number of rotatable bonds is 18. The number of carbonyl (C=O) groups is 2. The highest BCUT2D eigenvalue weighted by atomic mass is 31.2. The summed E-state index contributed by atoms with van der Waals surface area (Å²) in [5.74, 6) is 0.124. The number of aryl methyl sites for hydroxylation is 2. The molecule has 0 spiro atoms. The van der Waals surface area contributed by atoms with Crippen LogP contribution in [0.15, 0.2) is 97.1 Å². The van der Waals surface area contributed by atoms with Crippen molar-refractivity contribution < 1.29 is 28.1 Å². The Hall–Kier alpha value is -4.39. The van der Waals surface area contributed by atoms with Gasteiger partial charge in [0, 0.05) is 61.5 Å². The second kappa shape index (κ2) is 17.0. The summed E-state index contributed by atoms with van der Waals surface area (Å²) in [5.41, 5.74) is 5.47. The number of nitrogens with zero attached hydrogens (tertiary/aromatic N) is 2. The van der Waals surface area contributed by atoms with Gasteiger partial charge in [0.1, 0.15) is 11.5 Å². The first-order valence-electron chi connectivity index (χ1n) is 16.3. The summed E-state index contributed by atoms with van der Waals surface area (Å²) >= 11 is 0. The molecular formula is C38H45N2O6P. The van der Waals surface area contributed by atoms with E-state index < -0.39 is 7.82 Å². The van der Waals surface area contributed by atoms with E-state index in [0.29, 0.717) is 36.8 Å². The molecule has 0 heterocycles. The second-order valence-corrected chi connectivity index (χ2v) is 12.5. The zero-order chi connectivity index (χ0) is 33.8. The van der Waals surface area contributed by atoms with Crippen molar-refractivity contribution >= 4 is 30.8 Å². The van der Waals surface area contributed by atoms with Gasteiger partial charge in [0.25, 0.3) is 0 Å². The van der Waals surface area contributed by atoms with Gasteiger partial charge in [0.05, 0.1) is 0 Å². The lowest BCUT2D eigenvalue weighted by Crippen LogP contribution is -2.21. The summed E-state index contributed by atoms with van der Waals surface area (Å²) in [6.45, 7) is 12.3. The summed E-state index contributed by atoms with van der Waals surface area (Å²) in [5, 5.41) is 0. The van der Waals surface area contributed by atoms with Crippen molar-refractivity contribution in [1.29, 1.82) is 0 Å². The van der Waals surface area contributed by atoms with E-state index in [9.17, 15) is 19.0 Å². The quantitative estimate of drug-likeness (QED) is 0.0841. The van der Waals surface area contributed by atoms with Gasteiger partial charge >= 0.3 is 7.82 Å². The number of Topliss-reactive ketones (excluding diaryl/α,β-unsaturated/α-hetero) is 2. The summed E-state index contributed by atoms with van der Waals surface area (Å²) in [6.07, 6.45) is 1.92. The molecular weight excluding hydrogens is 611 g/mol. The lowest BCUT2D eigenvalue weighted by atomic mass is 10.0. The Morgan fingerprint density at radius 3 is 1.17 bits per heavy atom. The molecule has 4 rings (SSSR count). The van der Waals surface area contributed by atoms with E-state index in [1.807, 2.05) is 0 Å². The van der Waals surface area contributed by atoms with Crippen LogP contribution >= 0.6 is 7.82 Å². The van der Waals surface area contributed by atoms with Gasteiger partial charge in [0.2, 0.25) is 0 Å². The maximum Gasteiger partial charge on any atom is 0.584 e. The van der Waals surface area contributed by atoms with Crippen LogP contribution in [0.5, 0.6) is 11.5 Å². The molecule has 0 amide bonds. The Morgan fingerprint density at radius 2 is 0.872 bits per heavy atom. The topological polar surface area (TPSA) is 96.4 Å². The number of anilines is 2. The summed E-state index contributed by atoms with van der Waals surface area (Å²) in [4.78, 5) is 40.4. The second-order valence-electron chi connectivity index (χ2n) is 11.2. The van der Waals surface area contributed by atoms with Crippen molar-refractivity contribution in [2.75, 3.05) is 36.0 Å². The van der Waals surface area contributed by atoms with Gasteiger partial charge < -0.3 is 18.8 Å². The minimum Gasteiger partial charge on any atom is -0.395 e. The summed E-state index contributed by atoms with van der Waals surface area (Å²) in [7, 11) is -4.53. The summed E-state index contributed by atoms with van der Waals surface area (Å²) < 4.78 is 23.1. The number of benzene rings is 4. The van der Waals surface area contributed by atoms with Crippen molar-refractivity contribution in [3.63, 3.8) is 0 Å². The average Bonchev–Trinajstić information content (AvgIpc) is 3.08. The third-order valence-electron chi connectivity index (χ3n) is 8.21. The van der Waals surface area contributed by atoms with E-state index in [2.05, 4.69) is 86.0 Å². The first-order chi connectivity index (χ1) is 22.6. The molecule has 8 nitrogen and oxygen atoms in total. The molecule has 0 aliphatic carbocycles. The highest BCUT2D eigenvalue weighted by Gasteiger charge is 2.25. The molecule has 0 unspecified atom stereocenters. The number of carbonyl (C=O) groups excluding carboxylic acids is 2. The Bertz CT molecular complexity index is 1510. The Kier molecular flexibility index (Phi) is 12.8. The van der Waals surface area contributed by atoms with E-state index >= 15 is 0 Å². The molecule has 0 radical (unpaired) electrons. The standard InChI is InChI=1S/C38H45N2O6P/c1-5-39(6-2)33-19-9-29(10-20-33)13-27-37(41)31-15-23-35(24-16-31)45-47(43,44)46-36-25-17-32(18-26-36)38(42)28-14-30-11-21-34(22-12-30)40(7-3)8-4/h9-12,15-26H,5-8,13-14,27-28H2,1-4H3,(H,43,44). The summed E-state index contributed by atoms with van der Waals surface area (Å²) in [6, 6.07) is 28.7. The zero-order valence-corrected chi connectivity index (χ0v) is 28.6. The largest absolute Gasteiger partial charge is 0.584 e. The zero-order valence-electron chi connectivity index (χ0n) is 27.7. The fourth-order valence-electron chi connectivity index (χ4n) is 5.42. The van der Waals surface area contributed by atoms with Crippen LogP contribution in [0.4, 0.5) is 11.4 Å². The number of phosphoric acid groups is 1. The van der Waals surface area contributed by atoms with Crippen LogP contribution in [-0.2, 0) is 17.4 Å². The van der Waals surface area contributed by atoms with Crippen molar-refractivity contribution in [3.8, 4) is 11.5 Å². The molecule has 0 aliphatic heterocycles. The lowest BCUT2D eigenvalue weighted by Gasteiger charge is -2.21. The van der Waals surface area contributed by atoms with Crippen LogP contribution in [0.2, 0.25) is 0 Å². The molecule has 0 saturated heterocycles. The molecule has 1 N–H and O–H groups in total. The number of hydrogen-bond acceptors (Lipinski definition) is 7. The Labute approximate surface area is 278 Å². The molecule has 9 heteroatoms. The van der Waals surface area contributed by atoms with Gasteiger partial charge in [0.15, 0.2) is 11.6 Å². The molecule has 0 aromatic heterocycles. The normalized spacial score (nSPS) is 11.2. The van der Waals surface area contributed by atoms with Crippen molar-refractivity contribution in [2.45, 2.75) is 53.4 Å². The van der Waals surface area contributed by atoms with Gasteiger partial charge in [-0.15, -0.1) is 0 Å². The number of hydrogen-bond donors (Lipinski definition) is 1. The monoisotopic (exact) mass is 656 g/mol. The molecule has 4 aromatic carbocycles. The number of phosphoric ester groups is 1. The minimum absolute atomic E-state index is 0.0318. The van der Waals surface area contributed by atoms with Crippen molar-refractivity contribution in [1.82, 2.24) is 0 Å². The van der Waals surface area contributed by atoms with Crippen LogP contribution in [0.25, 0.3) is 0 Å². The number of ketones is 2. The van der Waals surface area contributed by atoms with Crippen LogP contribution in [0.3, 0.4) is 0 Å². The van der Waals surface area contributed by atoms with Gasteiger partial charge in [-0.2, -0.15) is 0 Å². The third-order valence-corrected chi connectivity index (χ3v) is 9.09. The van der Waals surface area contributed by atoms with E-state index in [0.717, 1.165) is 48.7 Å². The molecule has 0 bridgehead atoms. The maximum absolute atomic E-state index is 12.8. The average molecular weight is 657 g/mol. The molecule has 0 saturated carbocycles. The fraction of sp³-hybridized carbons (Fsp3) is 0.316. The van der Waals surface area contributed by atoms with Gasteiger partial charge in [-0.1, -0.05) is 24.3 Å². The fourth-order valence-corrected chi connectivity index (χ4v) is 6.23. The van der Waals surface area contributed by atoms with Crippen molar-refractivity contribution in [3.05, 3.63) is 119 Å². The Balaban J connectivity index is 1.24. The first kappa shape index (κ1) is 35.5. The van der Waals surface area contributed by atoms with Crippen molar-refractivity contribution in [2.24, 2.45) is 0 Å². The minimum atomic E-state index is -4.53. The van der Waals surface area contributed by atoms with E-state index in [1.165, 1.54) is 24.3 Å². The van der Waals surface area contributed by atoms with Crippen LogP contribution in [-0.4, -0.2) is 42.6 Å². The molecule has 0 fully saturated rings. The van der Waals surface area contributed by atoms with Crippen LogP contribution in [0.1, 0.15) is 72.4 Å². The molecule has 4 aromatic rings. The molecule has 0 atom stereocenters. The van der Waals surface area contributed by atoms with Gasteiger partial charge in [-0.3, -0.25) is 14.5 Å². The van der Waals surface area contributed by atoms with Crippen LogP contribution < -0.4 is 18.8 Å². The maximum atomic E-state index is 12.8. The predicted molar refractivity (Wildman–Crippen MR) is 189 cm³/mol. The van der Waals surface area contributed by atoms with E-state index in [1.54, 1.807) is 24.3 Å². The third kappa shape index (κ3) is 10.3. The smallest absolute Gasteiger partial charge is 0.395 e. The SMILES string of the molecule is CCN(CC)c1ccc(CCC(=O)c2ccc(OP(=O)(O)Oc3ccc(C(=O)CCc4ccc(N(CC)CC)cc4)cc3)cc2)cc1. The van der Waals surface area contributed by atoms with Crippen LogP contribution in [0, 0.1) is 0 Å².